The van der Waals surface area contributed by atoms with Crippen molar-refractivity contribution in [1.82, 2.24) is 10.3 Å². The number of hydrogen-bond acceptors (Lipinski definition) is 5. The fourth-order valence-electron chi connectivity index (χ4n) is 1.54. The van der Waals surface area contributed by atoms with Crippen LogP contribution in [-0.2, 0) is 0 Å². The number of rotatable bonds is 1. The van der Waals surface area contributed by atoms with Crippen LogP contribution < -0.4 is 21.7 Å². The smallest absolute Gasteiger partial charge is 0.149 e. The Balaban J connectivity index is 2.18. The van der Waals surface area contributed by atoms with Gasteiger partial charge in [-0.2, -0.15) is 0 Å². The molecule has 76 valence electrons. The standard InChI is InChI=1S/C9H15N5/c10-7-1-2-8(13-9(7)11)14-5-3-12-4-6-14/h1-2,12H,3-6,10H2,(H2,11,13). The van der Waals surface area contributed by atoms with Crippen molar-refractivity contribution in [3.05, 3.63) is 12.1 Å². The van der Waals surface area contributed by atoms with Gasteiger partial charge in [0.2, 0.25) is 0 Å². The van der Waals surface area contributed by atoms with E-state index in [2.05, 4.69) is 15.2 Å². The van der Waals surface area contributed by atoms with Crippen LogP contribution in [-0.4, -0.2) is 31.2 Å². The number of aromatic nitrogens is 1. The highest BCUT2D eigenvalue weighted by atomic mass is 15.2. The van der Waals surface area contributed by atoms with Crippen LogP contribution >= 0.6 is 0 Å². The first-order chi connectivity index (χ1) is 6.77. The van der Waals surface area contributed by atoms with E-state index in [0.29, 0.717) is 11.5 Å². The first-order valence-corrected chi connectivity index (χ1v) is 4.75. The molecule has 0 unspecified atom stereocenters. The molecule has 1 aromatic rings. The van der Waals surface area contributed by atoms with E-state index in [0.717, 1.165) is 32.0 Å². The van der Waals surface area contributed by atoms with Crippen LogP contribution in [0.25, 0.3) is 0 Å². The third-order valence-electron chi connectivity index (χ3n) is 2.38. The maximum absolute atomic E-state index is 5.65. The predicted molar refractivity (Wildman–Crippen MR) is 58.1 cm³/mol. The van der Waals surface area contributed by atoms with Crippen LogP contribution in [0.15, 0.2) is 12.1 Å². The van der Waals surface area contributed by atoms with Gasteiger partial charge in [-0.3, -0.25) is 0 Å². The highest BCUT2D eigenvalue weighted by molar-refractivity contribution is 5.62. The first kappa shape index (κ1) is 9.08. The Hall–Kier alpha value is -1.49. The second-order valence-electron chi connectivity index (χ2n) is 3.38. The fraction of sp³-hybridized carbons (Fsp3) is 0.444. The monoisotopic (exact) mass is 193 g/mol. The Bertz CT molecular complexity index is 319. The van der Waals surface area contributed by atoms with Crippen LogP contribution in [0.2, 0.25) is 0 Å². The van der Waals surface area contributed by atoms with Crippen molar-refractivity contribution in [2.24, 2.45) is 0 Å². The summed E-state index contributed by atoms with van der Waals surface area (Å²) in [6, 6.07) is 3.72. The van der Waals surface area contributed by atoms with E-state index >= 15 is 0 Å². The lowest BCUT2D eigenvalue weighted by molar-refractivity contribution is 0.585. The van der Waals surface area contributed by atoms with Gasteiger partial charge in [0.15, 0.2) is 0 Å². The second-order valence-corrected chi connectivity index (χ2v) is 3.38. The number of nitrogens with zero attached hydrogens (tertiary/aromatic N) is 2. The Morgan fingerprint density at radius 1 is 1.21 bits per heavy atom. The molecule has 0 atom stereocenters. The zero-order valence-electron chi connectivity index (χ0n) is 8.03. The first-order valence-electron chi connectivity index (χ1n) is 4.75. The molecule has 1 saturated heterocycles. The van der Waals surface area contributed by atoms with Crippen LogP contribution in [0.3, 0.4) is 0 Å². The van der Waals surface area contributed by atoms with Crippen molar-refractivity contribution in [2.75, 3.05) is 42.5 Å². The van der Waals surface area contributed by atoms with Crippen molar-refractivity contribution in [3.8, 4) is 0 Å². The molecule has 5 heteroatoms. The zero-order valence-corrected chi connectivity index (χ0v) is 8.03. The number of piperazine rings is 1. The normalized spacial score (nSPS) is 17.0. The lowest BCUT2D eigenvalue weighted by atomic mass is 10.3. The Morgan fingerprint density at radius 3 is 2.57 bits per heavy atom. The van der Waals surface area contributed by atoms with Gasteiger partial charge in [0.25, 0.3) is 0 Å². The third kappa shape index (κ3) is 1.72. The highest BCUT2D eigenvalue weighted by Gasteiger charge is 2.11. The largest absolute Gasteiger partial charge is 0.396 e. The van der Waals surface area contributed by atoms with E-state index in [1.165, 1.54) is 0 Å². The third-order valence-corrected chi connectivity index (χ3v) is 2.38. The summed E-state index contributed by atoms with van der Waals surface area (Å²) in [4.78, 5) is 6.45. The second kappa shape index (κ2) is 3.71. The Morgan fingerprint density at radius 2 is 1.93 bits per heavy atom. The molecule has 0 aliphatic carbocycles. The summed E-state index contributed by atoms with van der Waals surface area (Å²) in [6.07, 6.45) is 0. The predicted octanol–water partition coefficient (Wildman–Crippen LogP) is -0.344. The van der Waals surface area contributed by atoms with Crippen molar-refractivity contribution >= 4 is 17.3 Å². The van der Waals surface area contributed by atoms with E-state index in [4.69, 9.17) is 11.5 Å². The average molecular weight is 193 g/mol. The molecule has 1 fully saturated rings. The van der Waals surface area contributed by atoms with E-state index in [1.54, 1.807) is 6.07 Å². The van der Waals surface area contributed by atoms with Crippen LogP contribution in [0.1, 0.15) is 0 Å². The van der Waals surface area contributed by atoms with Crippen molar-refractivity contribution < 1.29 is 0 Å². The Labute approximate surface area is 83.1 Å². The molecule has 1 aromatic heterocycles. The number of hydrogen-bond donors (Lipinski definition) is 3. The highest BCUT2D eigenvalue weighted by Crippen LogP contribution is 2.18. The molecule has 0 radical (unpaired) electrons. The molecular weight excluding hydrogens is 178 g/mol. The molecule has 0 bridgehead atoms. The fourth-order valence-corrected chi connectivity index (χ4v) is 1.54. The molecule has 14 heavy (non-hydrogen) atoms. The minimum atomic E-state index is 0.418. The molecule has 0 aromatic carbocycles. The summed E-state index contributed by atoms with van der Waals surface area (Å²) < 4.78 is 0. The zero-order chi connectivity index (χ0) is 9.97. The van der Waals surface area contributed by atoms with Gasteiger partial charge in [-0.1, -0.05) is 0 Å². The van der Waals surface area contributed by atoms with Crippen LogP contribution in [0.4, 0.5) is 17.3 Å². The number of anilines is 3. The summed E-state index contributed by atoms with van der Waals surface area (Å²) in [7, 11) is 0. The van der Waals surface area contributed by atoms with Gasteiger partial charge >= 0.3 is 0 Å². The summed E-state index contributed by atoms with van der Waals surface area (Å²) in [6.45, 7) is 3.92. The quantitative estimate of drug-likeness (QED) is 0.568. The number of pyridine rings is 1. The molecule has 5 N–H and O–H groups in total. The van der Waals surface area contributed by atoms with Crippen LogP contribution in [0, 0.1) is 0 Å². The minimum absolute atomic E-state index is 0.418. The summed E-state index contributed by atoms with van der Waals surface area (Å²) >= 11 is 0. The molecular formula is C9H15N5. The van der Waals surface area contributed by atoms with Gasteiger partial charge in [-0.25, -0.2) is 4.98 Å². The van der Waals surface area contributed by atoms with E-state index in [-0.39, 0.29) is 0 Å². The summed E-state index contributed by atoms with van der Waals surface area (Å²) in [5.74, 6) is 1.33. The van der Waals surface area contributed by atoms with Gasteiger partial charge in [-0.15, -0.1) is 0 Å². The molecule has 5 nitrogen and oxygen atoms in total. The van der Waals surface area contributed by atoms with Crippen molar-refractivity contribution in [1.29, 1.82) is 0 Å². The molecule has 0 saturated carbocycles. The minimum Gasteiger partial charge on any atom is -0.396 e. The SMILES string of the molecule is Nc1ccc(N2CCNCC2)nc1N. The molecule has 0 amide bonds. The van der Waals surface area contributed by atoms with Crippen LogP contribution in [0.5, 0.6) is 0 Å². The number of nitrogen functional groups attached to an aromatic ring is 2. The van der Waals surface area contributed by atoms with Crippen molar-refractivity contribution in [2.45, 2.75) is 0 Å². The van der Waals surface area contributed by atoms with Gasteiger partial charge < -0.3 is 21.7 Å². The molecule has 1 aliphatic rings. The Kier molecular flexibility index (Phi) is 2.41. The van der Waals surface area contributed by atoms with E-state index in [1.807, 2.05) is 6.07 Å². The van der Waals surface area contributed by atoms with Gasteiger partial charge in [0.1, 0.15) is 11.6 Å². The maximum atomic E-state index is 5.65. The van der Waals surface area contributed by atoms with Gasteiger partial charge in [0, 0.05) is 26.2 Å². The van der Waals surface area contributed by atoms with Gasteiger partial charge in [0.05, 0.1) is 5.69 Å². The lowest BCUT2D eigenvalue weighted by Gasteiger charge is -2.28. The number of nitrogens with two attached hydrogens (primary N) is 2. The lowest BCUT2D eigenvalue weighted by Crippen LogP contribution is -2.43. The topological polar surface area (TPSA) is 80.2 Å². The molecule has 2 rings (SSSR count). The average Bonchev–Trinajstić information content (AvgIpc) is 2.23. The summed E-state index contributed by atoms with van der Waals surface area (Å²) in [5.41, 5.74) is 11.8. The van der Waals surface area contributed by atoms with Crippen molar-refractivity contribution in [3.63, 3.8) is 0 Å². The molecule has 0 spiro atoms. The maximum Gasteiger partial charge on any atom is 0.149 e. The van der Waals surface area contributed by atoms with E-state index < -0.39 is 0 Å². The molecule has 1 aliphatic heterocycles. The summed E-state index contributed by atoms with van der Waals surface area (Å²) in [5, 5.41) is 3.29. The molecule has 2 heterocycles. The van der Waals surface area contributed by atoms with Gasteiger partial charge in [-0.05, 0) is 12.1 Å². The van der Waals surface area contributed by atoms with E-state index in [9.17, 15) is 0 Å². The number of nitrogens with one attached hydrogen (secondary N) is 1.